The highest BCUT2D eigenvalue weighted by Gasteiger charge is 2.16. The van der Waals surface area contributed by atoms with Crippen molar-refractivity contribution in [3.63, 3.8) is 0 Å². The molecule has 3 N–H and O–H groups in total. The summed E-state index contributed by atoms with van der Waals surface area (Å²) >= 11 is 0. The van der Waals surface area contributed by atoms with E-state index in [0.29, 0.717) is 17.7 Å². The van der Waals surface area contributed by atoms with Gasteiger partial charge in [0.25, 0.3) is 0 Å². The first kappa shape index (κ1) is 25.2. The summed E-state index contributed by atoms with van der Waals surface area (Å²) in [4.78, 5) is 23.2. The Kier molecular flexibility index (Phi) is 6.97. The molecular formula is C28H32N10. The normalized spacial score (nSPS) is 16.9. The fraction of sp³-hybridized carbons (Fsp3) is 0.286. The van der Waals surface area contributed by atoms with Crippen LogP contribution in [0, 0.1) is 20.8 Å². The fourth-order valence-corrected chi connectivity index (χ4v) is 4.30. The lowest BCUT2D eigenvalue weighted by Gasteiger charge is -2.18. The maximum absolute atomic E-state index is 4.70. The molecule has 0 aliphatic carbocycles. The van der Waals surface area contributed by atoms with E-state index < -0.39 is 0 Å². The van der Waals surface area contributed by atoms with Gasteiger partial charge >= 0.3 is 0 Å². The van der Waals surface area contributed by atoms with E-state index in [2.05, 4.69) is 61.6 Å². The van der Waals surface area contributed by atoms with E-state index in [0.717, 1.165) is 57.4 Å². The van der Waals surface area contributed by atoms with Crippen LogP contribution in [0.2, 0.25) is 0 Å². The molecule has 2 atom stereocenters. The Labute approximate surface area is 222 Å². The molecule has 0 bridgehead atoms. The number of hydrogen-bond acceptors (Lipinski definition) is 8. The van der Waals surface area contributed by atoms with Gasteiger partial charge in [-0.05, 0) is 63.4 Å². The third-order valence-corrected chi connectivity index (χ3v) is 6.28. The fourth-order valence-electron chi connectivity index (χ4n) is 4.30. The third kappa shape index (κ3) is 5.60. The number of hydrogen-bond donors (Lipinski definition) is 3. The van der Waals surface area contributed by atoms with Crippen LogP contribution in [-0.2, 0) is 0 Å². The van der Waals surface area contributed by atoms with Gasteiger partial charge in [0.1, 0.15) is 5.84 Å². The van der Waals surface area contributed by atoms with Crippen molar-refractivity contribution in [1.29, 1.82) is 0 Å². The second-order valence-corrected chi connectivity index (χ2v) is 9.77. The van der Waals surface area contributed by atoms with Crippen molar-refractivity contribution in [3.05, 3.63) is 83.7 Å². The predicted octanol–water partition coefficient (Wildman–Crippen LogP) is 4.28. The Morgan fingerprint density at radius 3 is 2.63 bits per heavy atom. The Bertz CT molecular complexity index is 1500. The number of nitrogens with one attached hydrogen (secondary N) is 3. The molecule has 4 aromatic heterocycles. The molecule has 0 spiro atoms. The third-order valence-electron chi connectivity index (χ3n) is 6.28. The molecule has 10 nitrogen and oxygen atoms in total. The molecule has 5 rings (SSSR count). The Morgan fingerprint density at radius 1 is 1.13 bits per heavy atom. The van der Waals surface area contributed by atoms with Gasteiger partial charge in [0, 0.05) is 48.4 Å². The highest BCUT2D eigenvalue weighted by atomic mass is 15.4. The number of hydrazine groups is 1. The molecule has 10 heteroatoms. The highest BCUT2D eigenvalue weighted by molar-refractivity contribution is 5.86. The summed E-state index contributed by atoms with van der Waals surface area (Å²) < 4.78 is 1.77. The first-order valence-corrected chi connectivity index (χ1v) is 12.6. The minimum Gasteiger partial charge on any atom is -0.377 e. The molecule has 0 aromatic carbocycles. The van der Waals surface area contributed by atoms with Crippen molar-refractivity contribution in [1.82, 2.24) is 45.9 Å². The van der Waals surface area contributed by atoms with Crippen LogP contribution in [0.4, 0.5) is 5.82 Å². The molecule has 0 radical (unpaired) electrons. The van der Waals surface area contributed by atoms with E-state index in [4.69, 9.17) is 4.98 Å². The standard InChI is InChI=1S/C28H32N10/c1-16-12-31-38(15-16)26-8-7-22(13-29-26)20(5)33-21(6)27-17(2)9-23(14-30-27)28-32-18(3)10-24(35-28)34-25-11-19(4)36-37-25/h7-10,12-15,19-20,33,36H,6,11H2,1-5H3,(H,32,34,35,37). The van der Waals surface area contributed by atoms with Crippen LogP contribution in [0.15, 0.2) is 60.6 Å². The van der Waals surface area contributed by atoms with Gasteiger partial charge in [-0.25, -0.2) is 30.1 Å². The average molecular weight is 509 g/mol. The van der Waals surface area contributed by atoms with E-state index >= 15 is 0 Å². The van der Waals surface area contributed by atoms with Gasteiger partial charge < -0.3 is 10.7 Å². The largest absolute Gasteiger partial charge is 0.377 e. The molecule has 4 aromatic rings. The van der Waals surface area contributed by atoms with Crippen LogP contribution in [0.1, 0.15) is 54.4 Å². The van der Waals surface area contributed by atoms with E-state index in [-0.39, 0.29) is 6.04 Å². The summed E-state index contributed by atoms with van der Waals surface area (Å²) in [5, 5.41) is 7.77. The Balaban J connectivity index is 1.30. The van der Waals surface area contributed by atoms with Gasteiger partial charge in [-0.1, -0.05) is 12.6 Å². The van der Waals surface area contributed by atoms with Gasteiger partial charge in [-0.15, -0.1) is 0 Å². The molecule has 0 saturated carbocycles. The van der Waals surface area contributed by atoms with Crippen molar-refractivity contribution in [2.24, 2.45) is 4.99 Å². The molecule has 1 aliphatic rings. The van der Waals surface area contributed by atoms with Crippen molar-refractivity contribution in [2.45, 2.75) is 53.1 Å². The summed E-state index contributed by atoms with van der Waals surface area (Å²) in [6.45, 7) is 14.4. The number of amidine groups is 1. The maximum atomic E-state index is 4.70. The van der Waals surface area contributed by atoms with Gasteiger partial charge in [0.2, 0.25) is 0 Å². The van der Waals surface area contributed by atoms with Crippen molar-refractivity contribution >= 4 is 17.4 Å². The first-order valence-electron chi connectivity index (χ1n) is 12.6. The molecule has 1 fully saturated rings. The second kappa shape index (κ2) is 10.5. The molecule has 2 unspecified atom stereocenters. The van der Waals surface area contributed by atoms with E-state index in [1.54, 1.807) is 10.9 Å². The highest BCUT2D eigenvalue weighted by Crippen LogP contribution is 2.24. The zero-order chi connectivity index (χ0) is 26.8. The number of pyridine rings is 2. The van der Waals surface area contributed by atoms with Crippen molar-refractivity contribution in [2.75, 3.05) is 0 Å². The van der Waals surface area contributed by atoms with Gasteiger partial charge in [0.05, 0.1) is 23.6 Å². The second-order valence-electron chi connectivity index (χ2n) is 9.77. The summed E-state index contributed by atoms with van der Waals surface area (Å²) in [5.74, 6) is 2.86. The summed E-state index contributed by atoms with van der Waals surface area (Å²) in [5.41, 5.74) is 12.6. The molecule has 194 valence electrons. The Hall–Kier alpha value is -4.44. The SMILES string of the molecule is C=C(NC(C)c1ccc(-n2cc(C)cn2)nc1)c1ncc(-c2nc(C)cc(N=C3CC(C)NN3)n2)cc1C. The van der Waals surface area contributed by atoms with Crippen LogP contribution in [0.25, 0.3) is 22.9 Å². The zero-order valence-electron chi connectivity index (χ0n) is 22.3. The van der Waals surface area contributed by atoms with Crippen LogP contribution < -0.4 is 16.2 Å². The smallest absolute Gasteiger partial charge is 0.163 e. The van der Waals surface area contributed by atoms with Crippen LogP contribution in [0.3, 0.4) is 0 Å². The molecule has 1 saturated heterocycles. The van der Waals surface area contributed by atoms with Gasteiger partial charge in [-0.2, -0.15) is 5.10 Å². The van der Waals surface area contributed by atoms with Crippen molar-refractivity contribution in [3.8, 4) is 17.2 Å². The van der Waals surface area contributed by atoms with Crippen LogP contribution in [0.5, 0.6) is 0 Å². The summed E-state index contributed by atoms with van der Waals surface area (Å²) in [6.07, 6.45) is 8.23. The summed E-state index contributed by atoms with van der Waals surface area (Å²) in [6, 6.07) is 8.24. The van der Waals surface area contributed by atoms with E-state index in [1.165, 1.54) is 0 Å². The monoisotopic (exact) mass is 508 g/mol. The first-order chi connectivity index (χ1) is 18.2. The lowest BCUT2D eigenvalue weighted by atomic mass is 10.1. The quantitative estimate of drug-likeness (QED) is 0.339. The van der Waals surface area contributed by atoms with Crippen LogP contribution in [-0.4, -0.2) is 41.6 Å². The summed E-state index contributed by atoms with van der Waals surface area (Å²) in [7, 11) is 0. The van der Waals surface area contributed by atoms with Crippen LogP contribution >= 0.6 is 0 Å². The molecule has 38 heavy (non-hydrogen) atoms. The number of rotatable bonds is 7. The van der Waals surface area contributed by atoms with E-state index in [1.807, 2.05) is 63.6 Å². The zero-order valence-corrected chi connectivity index (χ0v) is 22.3. The minimum absolute atomic E-state index is 0.00698. The number of aryl methyl sites for hydroxylation is 3. The van der Waals surface area contributed by atoms with E-state index in [9.17, 15) is 0 Å². The van der Waals surface area contributed by atoms with Gasteiger partial charge in [0.15, 0.2) is 17.5 Å². The predicted molar refractivity (Wildman–Crippen MR) is 149 cm³/mol. The Morgan fingerprint density at radius 2 is 1.97 bits per heavy atom. The maximum Gasteiger partial charge on any atom is 0.163 e. The average Bonchev–Trinajstić information content (AvgIpc) is 3.51. The number of aromatic nitrogens is 6. The molecular weight excluding hydrogens is 476 g/mol. The lowest BCUT2D eigenvalue weighted by Crippen LogP contribution is -2.29. The number of nitrogens with zero attached hydrogens (tertiary/aromatic N) is 7. The number of aliphatic imine (C=N–C) groups is 1. The van der Waals surface area contributed by atoms with Gasteiger partial charge in [-0.3, -0.25) is 4.98 Å². The lowest BCUT2D eigenvalue weighted by molar-refractivity contribution is 0.602. The topological polar surface area (TPSA) is 118 Å². The molecule has 5 heterocycles. The molecule has 1 aliphatic heterocycles. The van der Waals surface area contributed by atoms with Crippen molar-refractivity contribution < 1.29 is 0 Å². The minimum atomic E-state index is -0.00698. The molecule has 0 amide bonds.